The molecule has 2 aromatic rings. The summed E-state index contributed by atoms with van der Waals surface area (Å²) in [5.41, 5.74) is 1.33. The van der Waals surface area contributed by atoms with Gasteiger partial charge in [0.2, 0.25) is 0 Å². The van der Waals surface area contributed by atoms with E-state index in [1.165, 1.54) is 24.4 Å². The van der Waals surface area contributed by atoms with Gasteiger partial charge in [0.05, 0.1) is 5.69 Å². The Morgan fingerprint density at radius 1 is 1.42 bits per heavy atom. The molecular weight excluding hydrogens is 335 g/mol. The Kier molecular flexibility index (Phi) is 4.17. The molecule has 1 amide bonds. The minimum Gasteiger partial charge on any atom is -0.319 e. The number of nitrogens with zero attached hydrogens (tertiary/aromatic N) is 1. The number of anilines is 1. The first kappa shape index (κ1) is 14.0. The minimum atomic E-state index is -0.379. The van der Waals surface area contributed by atoms with Crippen LogP contribution in [0.3, 0.4) is 0 Å². The van der Waals surface area contributed by atoms with Gasteiger partial charge in [0.25, 0.3) is 5.91 Å². The Morgan fingerprint density at radius 2 is 2.16 bits per heavy atom. The molecule has 0 aliphatic carbocycles. The summed E-state index contributed by atoms with van der Waals surface area (Å²) in [5, 5.41) is 2.83. The zero-order valence-electron chi connectivity index (χ0n) is 9.88. The van der Waals surface area contributed by atoms with Crippen molar-refractivity contribution in [2.24, 2.45) is 0 Å². The Bertz CT molecular complexity index is 649. The molecule has 1 heterocycles. The summed E-state index contributed by atoms with van der Waals surface area (Å²) in [6, 6.07) is 5.61. The predicted octanol–water partition coefficient (Wildman–Crippen LogP) is 4.20. The molecule has 6 heteroatoms. The van der Waals surface area contributed by atoms with Gasteiger partial charge in [-0.2, -0.15) is 0 Å². The van der Waals surface area contributed by atoms with Gasteiger partial charge in [-0.1, -0.05) is 11.6 Å². The molecule has 0 aliphatic heterocycles. The van der Waals surface area contributed by atoms with Crippen molar-refractivity contribution in [1.82, 2.24) is 4.98 Å². The van der Waals surface area contributed by atoms with E-state index in [0.717, 1.165) is 0 Å². The second-order valence-electron chi connectivity index (χ2n) is 3.91. The Morgan fingerprint density at radius 3 is 2.84 bits per heavy atom. The molecule has 0 aliphatic rings. The average Bonchev–Trinajstić information content (AvgIpc) is 2.33. The molecule has 1 N–H and O–H groups in total. The molecule has 0 atom stereocenters. The van der Waals surface area contributed by atoms with Gasteiger partial charge in [0.1, 0.15) is 5.82 Å². The van der Waals surface area contributed by atoms with Gasteiger partial charge in [-0.3, -0.25) is 4.79 Å². The number of aryl methyl sites for hydroxylation is 1. The fraction of sp³-hybridized carbons (Fsp3) is 0.0769. The maximum absolute atomic E-state index is 13.0. The van der Waals surface area contributed by atoms with Crippen LogP contribution in [0.1, 0.15) is 15.9 Å². The highest BCUT2D eigenvalue weighted by molar-refractivity contribution is 9.10. The molecule has 0 spiro atoms. The molecule has 0 saturated heterocycles. The summed E-state index contributed by atoms with van der Waals surface area (Å²) in [6.45, 7) is 1.67. The van der Waals surface area contributed by atoms with Gasteiger partial charge in [-0.05, 0) is 52.7 Å². The molecule has 19 heavy (non-hydrogen) atoms. The Balaban J connectivity index is 2.28. The van der Waals surface area contributed by atoms with Crippen LogP contribution in [0.5, 0.6) is 0 Å². The summed E-state index contributed by atoms with van der Waals surface area (Å²) in [6.07, 6.45) is 1.53. The number of aromatic nitrogens is 1. The predicted molar refractivity (Wildman–Crippen MR) is 76.0 cm³/mol. The van der Waals surface area contributed by atoms with Crippen molar-refractivity contribution >= 4 is 39.1 Å². The lowest BCUT2D eigenvalue weighted by atomic mass is 10.1. The summed E-state index contributed by atoms with van der Waals surface area (Å²) in [7, 11) is 0. The monoisotopic (exact) mass is 342 g/mol. The molecular formula is C13H9BrClFN2O. The summed E-state index contributed by atoms with van der Waals surface area (Å²) < 4.78 is 13.7. The highest BCUT2D eigenvalue weighted by Crippen LogP contribution is 2.24. The number of carbonyl (C=O) groups is 1. The third kappa shape index (κ3) is 3.30. The fourth-order valence-electron chi connectivity index (χ4n) is 1.58. The molecule has 0 radical (unpaired) electrons. The van der Waals surface area contributed by atoms with E-state index in [4.69, 9.17) is 11.6 Å². The molecule has 2 rings (SSSR count). The summed E-state index contributed by atoms with van der Waals surface area (Å²) in [5.74, 6) is -0.740. The molecule has 0 saturated carbocycles. The number of carbonyl (C=O) groups excluding carboxylic acids is 1. The average molecular weight is 344 g/mol. The molecule has 3 nitrogen and oxygen atoms in total. The van der Waals surface area contributed by atoms with Gasteiger partial charge in [0.15, 0.2) is 5.15 Å². The van der Waals surface area contributed by atoms with Gasteiger partial charge < -0.3 is 5.32 Å². The van der Waals surface area contributed by atoms with Crippen LogP contribution in [0.15, 0.2) is 34.9 Å². The number of benzene rings is 1. The quantitative estimate of drug-likeness (QED) is 0.831. The van der Waals surface area contributed by atoms with Crippen molar-refractivity contribution in [3.05, 3.63) is 57.0 Å². The van der Waals surface area contributed by atoms with Crippen LogP contribution in [0.25, 0.3) is 0 Å². The van der Waals surface area contributed by atoms with E-state index in [0.29, 0.717) is 21.3 Å². The van der Waals surface area contributed by atoms with E-state index < -0.39 is 0 Å². The van der Waals surface area contributed by atoms with Crippen LogP contribution >= 0.6 is 27.5 Å². The highest BCUT2D eigenvalue weighted by atomic mass is 79.9. The Hall–Kier alpha value is -1.46. The second-order valence-corrected chi connectivity index (χ2v) is 5.18. The number of pyridine rings is 1. The van der Waals surface area contributed by atoms with Crippen molar-refractivity contribution in [1.29, 1.82) is 0 Å². The number of halogens is 3. The smallest absolute Gasteiger partial charge is 0.256 e. The van der Waals surface area contributed by atoms with Crippen molar-refractivity contribution in [3.8, 4) is 0 Å². The lowest BCUT2D eigenvalue weighted by molar-refractivity contribution is 0.102. The molecule has 1 aromatic carbocycles. The SMILES string of the molecule is Cc1cc(F)ccc1C(=O)Nc1cc(Br)cnc1Cl. The maximum atomic E-state index is 13.0. The van der Waals surface area contributed by atoms with Crippen molar-refractivity contribution < 1.29 is 9.18 Å². The summed E-state index contributed by atoms with van der Waals surface area (Å²) in [4.78, 5) is 16.0. The van der Waals surface area contributed by atoms with E-state index in [1.54, 1.807) is 13.0 Å². The standard InChI is InChI=1S/C13H9BrClFN2O/c1-7-4-9(16)2-3-10(7)13(19)18-11-5-8(14)6-17-12(11)15/h2-6H,1H3,(H,18,19). The van der Waals surface area contributed by atoms with Crippen LogP contribution in [0.4, 0.5) is 10.1 Å². The van der Waals surface area contributed by atoms with Gasteiger partial charge in [-0.15, -0.1) is 0 Å². The van der Waals surface area contributed by atoms with Gasteiger partial charge in [-0.25, -0.2) is 9.37 Å². The highest BCUT2D eigenvalue weighted by Gasteiger charge is 2.12. The molecule has 0 unspecified atom stereocenters. The minimum absolute atomic E-state index is 0.191. The van der Waals surface area contributed by atoms with Crippen LogP contribution in [0, 0.1) is 12.7 Å². The lowest BCUT2D eigenvalue weighted by Gasteiger charge is -2.09. The van der Waals surface area contributed by atoms with Crippen molar-refractivity contribution in [2.45, 2.75) is 6.92 Å². The van der Waals surface area contributed by atoms with E-state index in [-0.39, 0.29) is 16.9 Å². The van der Waals surface area contributed by atoms with Crippen LogP contribution in [-0.4, -0.2) is 10.9 Å². The molecule has 0 fully saturated rings. The fourth-order valence-corrected chi connectivity index (χ4v) is 2.06. The zero-order chi connectivity index (χ0) is 14.0. The third-order valence-electron chi connectivity index (χ3n) is 2.49. The van der Waals surface area contributed by atoms with Gasteiger partial charge in [0, 0.05) is 16.2 Å². The van der Waals surface area contributed by atoms with E-state index in [2.05, 4.69) is 26.2 Å². The molecule has 98 valence electrons. The first-order valence-corrected chi connectivity index (χ1v) is 6.53. The number of nitrogens with one attached hydrogen (secondary N) is 1. The van der Waals surface area contributed by atoms with Crippen molar-refractivity contribution in [3.63, 3.8) is 0 Å². The second kappa shape index (κ2) is 5.67. The number of amides is 1. The largest absolute Gasteiger partial charge is 0.319 e. The molecule has 1 aromatic heterocycles. The number of rotatable bonds is 2. The number of hydrogen-bond donors (Lipinski definition) is 1. The third-order valence-corrected chi connectivity index (χ3v) is 3.22. The first-order valence-electron chi connectivity index (χ1n) is 5.36. The maximum Gasteiger partial charge on any atom is 0.256 e. The van der Waals surface area contributed by atoms with E-state index >= 15 is 0 Å². The lowest BCUT2D eigenvalue weighted by Crippen LogP contribution is -2.14. The zero-order valence-corrected chi connectivity index (χ0v) is 12.2. The number of hydrogen-bond acceptors (Lipinski definition) is 2. The van der Waals surface area contributed by atoms with E-state index in [1.807, 2.05) is 0 Å². The first-order chi connectivity index (χ1) is 8.97. The normalized spacial score (nSPS) is 10.3. The Labute approximate surface area is 122 Å². The summed E-state index contributed by atoms with van der Waals surface area (Å²) >= 11 is 9.13. The molecule has 0 bridgehead atoms. The van der Waals surface area contributed by atoms with Crippen molar-refractivity contribution in [2.75, 3.05) is 5.32 Å². The van der Waals surface area contributed by atoms with E-state index in [9.17, 15) is 9.18 Å². The van der Waals surface area contributed by atoms with Crippen LogP contribution < -0.4 is 5.32 Å². The van der Waals surface area contributed by atoms with Gasteiger partial charge >= 0.3 is 0 Å². The van der Waals surface area contributed by atoms with Crippen LogP contribution in [0.2, 0.25) is 5.15 Å². The van der Waals surface area contributed by atoms with Crippen LogP contribution in [-0.2, 0) is 0 Å². The topological polar surface area (TPSA) is 42.0 Å².